The normalized spacial score (nSPS) is 30.6. The summed E-state index contributed by atoms with van der Waals surface area (Å²) in [4.78, 5) is 13.1. The summed E-state index contributed by atoms with van der Waals surface area (Å²) in [7, 11) is 0. The van der Waals surface area contributed by atoms with Gasteiger partial charge in [0.2, 0.25) is 5.91 Å². The number of carbonyl (C=O) groups is 1. The molecule has 3 aliphatic rings. The first-order valence-corrected chi connectivity index (χ1v) is 8.99. The molecule has 0 spiro atoms. The van der Waals surface area contributed by atoms with Gasteiger partial charge < -0.3 is 10.6 Å². The second-order valence-corrected chi connectivity index (χ2v) is 7.58. The molecular weight excluding hydrogens is 327 g/mol. The van der Waals surface area contributed by atoms with Crippen LogP contribution in [-0.2, 0) is 10.2 Å². The number of hydrogen-bond donors (Lipinski definition) is 2. The van der Waals surface area contributed by atoms with Crippen molar-refractivity contribution in [3.05, 3.63) is 35.6 Å². The first-order chi connectivity index (χ1) is 11.2. The molecule has 1 aromatic carbocycles. The Morgan fingerprint density at radius 2 is 1.83 bits per heavy atom. The van der Waals surface area contributed by atoms with Crippen LogP contribution in [0.15, 0.2) is 24.3 Å². The minimum Gasteiger partial charge on any atom is -0.352 e. The predicted octanol–water partition coefficient (Wildman–Crippen LogP) is 3.46. The van der Waals surface area contributed by atoms with Crippen molar-refractivity contribution in [1.82, 2.24) is 10.6 Å². The molecule has 3 fully saturated rings. The third-order valence-corrected chi connectivity index (χ3v) is 6.08. The quantitative estimate of drug-likeness (QED) is 0.874. The van der Waals surface area contributed by atoms with Crippen LogP contribution in [0.3, 0.4) is 0 Å². The molecule has 2 N–H and O–H groups in total. The first-order valence-electron chi connectivity index (χ1n) is 8.99. The number of amides is 1. The van der Waals surface area contributed by atoms with Crippen LogP contribution in [0.25, 0.3) is 0 Å². The van der Waals surface area contributed by atoms with Crippen LogP contribution >= 0.6 is 12.4 Å². The van der Waals surface area contributed by atoms with Gasteiger partial charge in [-0.2, -0.15) is 0 Å². The highest BCUT2D eigenvalue weighted by Gasteiger charge is 2.44. The smallest absolute Gasteiger partial charge is 0.230 e. The number of halogens is 2. The second kappa shape index (κ2) is 7.01. The van der Waals surface area contributed by atoms with Crippen LogP contribution in [0.4, 0.5) is 4.39 Å². The third-order valence-electron chi connectivity index (χ3n) is 6.08. The molecule has 3 nitrogen and oxygen atoms in total. The Kier molecular flexibility index (Phi) is 5.16. The van der Waals surface area contributed by atoms with Crippen LogP contribution in [-0.4, -0.2) is 24.0 Å². The van der Waals surface area contributed by atoms with Crippen LogP contribution in [0.1, 0.15) is 56.9 Å². The number of carbonyl (C=O) groups excluding carboxylic acids is 1. The fraction of sp³-hybridized carbons (Fsp3) is 0.632. The van der Waals surface area contributed by atoms with Crippen LogP contribution < -0.4 is 10.6 Å². The van der Waals surface area contributed by atoms with Gasteiger partial charge in [0.15, 0.2) is 0 Å². The maximum absolute atomic E-state index is 13.7. The summed E-state index contributed by atoms with van der Waals surface area (Å²) in [5.41, 5.74) is 0.329. The molecule has 24 heavy (non-hydrogen) atoms. The zero-order valence-electron chi connectivity index (χ0n) is 13.9. The summed E-state index contributed by atoms with van der Waals surface area (Å²) >= 11 is 0. The molecule has 0 aromatic heterocycles. The summed E-state index contributed by atoms with van der Waals surface area (Å²) in [5.74, 6) is -0.131. The largest absolute Gasteiger partial charge is 0.352 e. The van der Waals surface area contributed by atoms with Gasteiger partial charge in [0.05, 0.1) is 5.41 Å². The van der Waals surface area contributed by atoms with Gasteiger partial charge in [-0.15, -0.1) is 12.4 Å². The number of piperidine rings is 1. The molecule has 2 bridgehead atoms. The fourth-order valence-corrected chi connectivity index (χ4v) is 4.91. The lowest BCUT2D eigenvalue weighted by Gasteiger charge is -2.34. The molecular formula is C19H26ClFN2O. The van der Waals surface area contributed by atoms with E-state index in [-0.39, 0.29) is 30.2 Å². The van der Waals surface area contributed by atoms with Gasteiger partial charge in [-0.3, -0.25) is 4.79 Å². The highest BCUT2D eigenvalue weighted by molar-refractivity contribution is 5.88. The van der Waals surface area contributed by atoms with Crippen molar-refractivity contribution in [3.8, 4) is 0 Å². The minimum absolute atomic E-state index is 0. The van der Waals surface area contributed by atoms with Crippen LogP contribution in [0, 0.1) is 5.82 Å². The maximum atomic E-state index is 13.7. The summed E-state index contributed by atoms with van der Waals surface area (Å²) in [6.45, 7) is 0. The van der Waals surface area contributed by atoms with Gasteiger partial charge in [-0.25, -0.2) is 4.39 Å². The Balaban J connectivity index is 0.00000169. The van der Waals surface area contributed by atoms with Crippen molar-refractivity contribution in [2.75, 3.05) is 0 Å². The van der Waals surface area contributed by atoms with E-state index in [1.54, 1.807) is 12.1 Å². The standard InChI is InChI=1S/C19H25FN2O.ClH/c20-14-5-3-4-13(10-14)19(8-1-2-9-19)18(23)22-17-11-15-6-7-16(12-17)21-15;/h3-5,10,15-17,21H,1-2,6-9,11-12H2,(H,22,23);1H. The summed E-state index contributed by atoms with van der Waals surface area (Å²) in [6.07, 6.45) is 8.27. The Morgan fingerprint density at radius 1 is 1.17 bits per heavy atom. The molecule has 4 rings (SSSR count). The molecule has 2 unspecified atom stereocenters. The van der Waals surface area contributed by atoms with Crippen molar-refractivity contribution in [1.29, 1.82) is 0 Å². The average Bonchev–Trinajstić information content (AvgIpc) is 3.15. The predicted molar refractivity (Wildman–Crippen MR) is 94.9 cm³/mol. The lowest BCUT2D eigenvalue weighted by molar-refractivity contribution is -0.127. The van der Waals surface area contributed by atoms with Crippen molar-refractivity contribution >= 4 is 18.3 Å². The second-order valence-electron chi connectivity index (χ2n) is 7.58. The van der Waals surface area contributed by atoms with Crippen molar-refractivity contribution < 1.29 is 9.18 Å². The van der Waals surface area contributed by atoms with E-state index >= 15 is 0 Å². The molecule has 2 saturated heterocycles. The molecule has 2 aliphatic heterocycles. The Bertz CT molecular complexity index is 591. The lowest BCUT2D eigenvalue weighted by atomic mass is 9.77. The first kappa shape index (κ1) is 17.7. The number of nitrogens with one attached hydrogen (secondary N) is 2. The van der Waals surface area contributed by atoms with Gasteiger partial charge in [0.1, 0.15) is 5.82 Å². The number of benzene rings is 1. The van der Waals surface area contributed by atoms with E-state index in [4.69, 9.17) is 0 Å². The Morgan fingerprint density at radius 3 is 2.46 bits per heavy atom. The lowest BCUT2D eigenvalue weighted by Crippen LogP contribution is -2.52. The van der Waals surface area contributed by atoms with E-state index in [9.17, 15) is 9.18 Å². The molecule has 132 valence electrons. The molecule has 0 radical (unpaired) electrons. The fourth-order valence-electron chi connectivity index (χ4n) is 4.91. The topological polar surface area (TPSA) is 41.1 Å². The number of rotatable bonds is 3. The van der Waals surface area contributed by atoms with E-state index in [0.29, 0.717) is 12.1 Å². The number of hydrogen-bond acceptors (Lipinski definition) is 2. The molecule has 1 aromatic rings. The van der Waals surface area contributed by atoms with Crippen LogP contribution in [0.2, 0.25) is 0 Å². The van der Waals surface area contributed by atoms with E-state index in [1.807, 2.05) is 6.07 Å². The molecule has 1 amide bonds. The van der Waals surface area contributed by atoms with Gasteiger partial charge in [-0.1, -0.05) is 25.0 Å². The SMILES string of the molecule is Cl.O=C(NC1CC2CCC(C1)N2)C1(c2cccc(F)c2)CCCC1. The summed E-state index contributed by atoms with van der Waals surface area (Å²) < 4.78 is 13.7. The summed E-state index contributed by atoms with van der Waals surface area (Å²) in [6, 6.07) is 8.04. The summed E-state index contributed by atoms with van der Waals surface area (Å²) in [5, 5.41) is 6.93. The van der Waals surface area contributed by atoms with Crippen molar-refractivity contribution in [3.63, 3.8) is 0 Å². The molecule has 1 saturated carbocycles. The Hall–Kier alpha value is -1.13. The van der Waals surface area contributed by atoms with Crippen molar-refractivity contribution in [2.45, 2.75) is 74.9 Å². The highest BCUT2D eigenvalue weighted by atomic mass is 35.5. The van der Waals surface area contributed by atoms with Gasteiger partial charge >= 0.3 is 0 Å². The number of fused-ring (bicyclic) bond motifs is 2. The van der Waals surface area contributed by atoms with E-state index in [0.717, 1.165) is 44.1 Å². The molecule has 2 heterocycles. The average molecular weight is 353 g/mol. The van der Waals surface area contributed by atoms with Crippen LogP contribution in [0.5, 0.6) is 0 Å². The molecule has 5 heteroatoms. The van der Waals surface area contributed by atoms with E-state index in [2.05, 4.69) is 10.6 Å². The van der Waals surface area contributed by atoms with Crippen molar-refractivity contribution in [2.24, 2.45) is 0 Å². The van der Waals surface area contributed by atoms with E-state index < -0.39 is 5.41 Å². The zero-order valence-corrected chi connectivity index (χ0v) is 14.7. The third kappa shape index (κ3) is 3.18. The monoisotopic (exact) mass is 352 g/mol. The molecule has 1 aliphatic carbocycles. The zero-order chi connectivity index (χ0) is 15.9. The van der Waals surface area contributed by atoms with Gasteiger partial charge in [-0.05, 0) is 56.2 Å². The minimum atomic E-state index is -0.522. The van der Waals surface area contributed by atoms with E-state index in [1.165, 1.54) is 18.9 Å². The highest BCUT2D eigenvalue weighted by Crippen LogP contribution is 2.42. The maximum Gasteiger partial charge on any atom is 0.230 e. The molecule has 2 atom stereocenters. The van der Waals surface area contributed by atoms with Gasteiger partial charge in [0.25, 0.3) is 0 Å². The Labute approximate surface area is 149 Å². The van der Waals surface area contributed by atoms with Gasteiger partial charge in [0, 0.05) is 18.1 Å².